The third-order valence-corrected chi connectivity index (χ3v) is 6.71. The number of sulfonamides is 1. The number of benzene rings is 2. The zero-order valence-corrected chi connectivity index (χ0v) is 15.7. The third kappa shape index (κ3) is 4.24. The lowest BCUT2D eigenvalue weighted by molar-refractivity contribution is -0.907. The van der Waals surface area contributed by atoms with Gasteiger partial charge in [0.1, 0.15) is 18.4 Å². The van der Waals surface area contributed by atoms with E-state index >= 15 is 0 Å². The Morgan fingerprint density at radius 3 is 2.27 bits per heavy atom. The molecule has 0 saturated carbocycles. The molecule has 3 rings (SSSR count). The van der Waals surface area contributed by atoms with Crippen LogP contribution in [0.3, 0.4) is 0 Å². The number of hydrogen-bond donors (Lipinski definition) is 2. The largest absolute Gasteiger partial charge is 0.497 e. The van der Waals surface area contributed by atoms with Crippen LogP contribution < -0.4 is 9.64 Å². The first kappa shape index (κ1) is 18.8. The minimum atomic E-state index is -3.49. The smallest absolute Gasteiger partial charge is 0.243 e. The van der Waals surface area contributed by atoms with E-state index in [9.17, 15) is 13.5 Å². The second-order valence-corrected chi connectivity index (χ2v) is 8.40. The predicted octanol–water partition coefficient (Wildman–Crippen LogP) is 0.318. The number of nitrogens with one attached hydrogen (secondary N) is 1. The van der Waals surface area contributed by atoms with E-state index in [1.165, 1.54) is 9.21 Å². The van der Waals surface area contributed by atoms with E-state index in [1.54, 1.807) is 31.4 Å². The molecule has 140 valence electrons. The number of methoxy groups -OCH3 is 1. The van der Waals surface area contributed by atoms with Crippen LogP contribution in [0.25, 0.3) is 0 Å². The van der Waals surface area contributed by atoms with Crippen molar-refractivity contribution in [3.8, 4) is 5.75 Å². The summed E-state index contributed by atoms with van der Waals surface area (Å²) in [5.41, 5.74) is 0.897. The molecule has 2 N–H and O–H groups in total. The third-order valence-electron chi connectivity index (χ3n) is 4.79. The van der Waals surface area contributed by atoms with Crippen LogP contribution in [-0.2, 0) is 10.0 Å². The summed E-state index contributed by atoms with van der Waals surface area (Å²) in [7, 11) is -1.94. The van der Waals surface area contributed by atoms with E-state index in [-0.39, 0.29) is 4.90 Å². The van der Waals surface area contributed by atoms with Crippen molar-refractivity contribution in [2.24, 2.45) is 0 Å². The molecular weight excluding hydrogens is 352 g/mol. The molecule has 2 aromatic carbocycles. The molecule has 0 amide bonds. The molecule has 1 fully saturated rings. The van der Waals surface area contributed by atoms with Crippen LogP contribution in [0, 0.1) is 0 Å². The standard InChI is InChI=1S/C19H24N2O4S/c1-25-17-7-9-18(10-8-17)26(23,24)21-13-11-20(12-14-21)15-19(22)16-5-3-2-4-6-16/h2-10,19,22H,11-15H2,1H3/p+1/t19-/m1/s1. The molecule has 1 aliphatic rings. The molecule has 0 radical (unpaired) electrons. The number of piperazine rings is 1. The first-order valence-corrected chi connectivity index (χ1v) is 10.2. The van der Waals surface area contributed by atoms with E-state index in [0.29, 0.717) is 38.5 Å². The molecule has 1 aliphatic heterocycles. The number of rotatable bonds is 6. The average Bonchev–Trinajstić information content (AvgIpc) is 2.69. The van der Waals surface area contributed by atoms with Crippen LogP contribution in [0.5, 0.6) is 5.75 Å². The van der Waals surface area contributed by atoms with Crippen molar-refractivity contribution in [2.75, 3.05) is 39.8 Å². The topological polar surface area (TPSA) is 71.3 Å². The molecule has 0 bridgehead atoms. The van der Waals surface area contributed by atoms with E-state index in [4.69, 9.17) is 4.74 Å². The maximum Gasteiger partial charge on any atom is 0.243 e. The Morgan fingerprint density at radius 1 is 1.08 bits per heavy atom. The molecule has 26 heavy (non-hydrogen) atoms. The summed E-state index contributed by atoms with van der Waals surface area (Å²) in [5, 5.41) is 10.4. The van der Waals surface area contributed by atoms with Gasteiger partial charge in [-0.3, -0.25) is 0 Å². The minimum Gasteiger partial charge on any atom is -0.497 e. The number of ether oxygens (including phenoxy) is 1. The first-order chi connectivity index (χ1) is 12.5. The lowest BCUT2D eigenvalue weighted by Crippen LogP contribution is -3.15. The number of hydrogen-bond acceptors (Lipinski definition) is 4. The summed E-state index contributed by atoms with van der Waals surface area (Å²) in [4.78, 5) is 1.49. The molecule has 7 heteroatoms. The summed E-state index contributed by atoms with van der Waals surface area (Å²) in [6.07, 6.45) is -0.532. The number of aliphatic hydroxyl groups excluding tert-OH is 1. The van der Waals surface area contributed by atoms with Crippen LogP contribution in [0.2, 0.25) is 0 Å². The summed E-state index contributed by atoms with van der Waals surface area (Å²) < 4.78 is 32.1. The molecule has 0 aliphatic carbocycles. The van der Waals surface area contributed by atoms with Crippen LogP contribution in [0.15, 0.2) is 59.5 Å². The van der Waals surface area contributed by atoms with E-state index in [1.807, 2.05) is 30.3 Å². The molecule has 0 spiro atoms. The number of aliphatic hydroxyl groups is 1. The maximum absolute atomic E-state index is 12.8. The molecule has 0 unspecified atom stereocenters. The molecule has 1 saturated heterocycles. The van der Waals surface area contributed by atoms with E-state index in [0.717, 1.165) is 5.56 Å². The number of nitrogens with zero attached hydrogens (tertiary/aromatic N) is 1. The SMILES string of the molecule is COc1ccc(S(=O)(=O)N2CC[NH+](C[C@@H](O)c3ccccc3)CC2)cc1. The molecule has 2 aromatic rings. The monoisotopic (exact) mass is 377 g/mol. The van der Waals surface area contributed by atoms with Crippen molar-refractivity contribution in [2.45, 2.75) is 11.0 Å². The molecular formula is C19H25N2O4S+. The fourth-order valence-corrected chi connectivity index (χ4v) is 4.65. The van der Waals surface area contributed by atoms with E-state index in [2.05, 4.69) is 0 Å². The van der Waals surface area contributed by atoms with Gasteiger partial charge >= 0.3 is 0 Å². The van der Waals surface area contributed by atoms with Crippen LogP contribution in [0.4, 0.5) is 0 Å². The van der Waals surface area contributed by atoms with Gasteiger partial charge in [0.2, 0.25) is 10.0 Å². The Labute approximate surface area is 154 Å². The molecule has 1 atom stereocenters. The summed E-state index contributed by atoms with van der Waals surface area (Å²) >= 11 is 0. The van der Waals surface area contributed by atoms with Gasteiger partial charge in [0, 0.05) is 0 Å². The second-order valence-electron chi connectivity index (χ2n) is 6.46. The first-order valence-electron chi connectivity index (χ1n) is 8.71. The van der Waals surface area contributed by atoms with Crippen LogP contribution in [0.1, 0.15) is 11.7 Å². The van der Waals surface area contributed by atoms with Gasteiger partial charge in [0.25, 0.3) is 0 Å². The Morgan fingerprint density at radius 2 is 1.69 bits per heavy atom. The van der Waals surface area contributed by atoms with Gasteiger partial charge in [-0.2, -0.15) is 4.31 Å². The van der Waals surface area contributed by atoms with Gasteiger partial charge in [-0.1, -0.05) is 30.3 Å². The molecule has 1 heterocycles. The van der Waals surface area contributed by atoms with Crippen molar-refractivity contribution in [1.29, 1.82) is 0 Å². The molecule has 0 aromatic heterocycles. The Bertz CT molecular complexity index is 801. The Balaban J connectivity index is 1.58. The highest BCUT2D eigenvalue weighted by Crippen LogP contribution is 2.19. The van der Waals surface area contributed by atoms with Crippen molar-refractivity contribution in [1.82, 2.24) is 4.31 Å². The van der Waals surface area contributed by atoms with Gasteiger partial charge in [0.05, 0.1) is 38.2 Å². The van der Waals surface area contributed by atoms with Crippen molar-refractivity contribution >= 4 is 10.0 Å². The molecule has 6 nitrogen and oxygen atoms in total. The van der Waals surface area contributed by atoms with Gasteiger partial charge in [-0.15, -0.1) is 0 Å². The van der Waals surface area contributed by atoms with Gasteiger partial charge < -0.3 is 14.7 Å². The zero-order valence-electron chi connectivity index (χ0n) is 14.8. The minimum absolute atomic E-state index is 0.283. The second kappa shape index (κ2) is 8.18. The zero-order chi connectivity index (χ0) is 18.6. The number of quaternary nitrogens is 1. The Kier molecular flexibility index (Phi) is 5.93. The fraction of sp³-hybridized carbons (Fsp3) is 0.368. The summed E-state index contributed by atoms with van der Waals surface area (Å²) in [6, 6.07) is 16.0. The predicted molar refractivity (Wildman–Crippen MR) is 98.7 cm³/mol. The maximum atomic E-state index is 12.8. The van der Waals surface area contributed by atoms with Gasteiger partial charge in [-0.05, 0) is 29.8 Å². The van der Waals surface area contributed by atoms with Crippen LogP contribution in [-0.4, -0.2) is 57.7 Å². The normalized spacial score (nSPS) is 17.8. The van der Waals surface area contributed by atoms with Crippen molar-refractivity contribution in [3.05, 3.63) is 60.2 Å². The summed E-state index contributed by atoms with van der Waals surface area (Å²) in [5.74, 6) is 0.633. The highest BCUT2D eigenvalue weighted by Gasteiger charge is 2.31. The summed E-state index contributed by atoms with van der Waals surface area (Å²) in [6.45, 7) is 2.84. The Hall–Kier alpha value is -1.93. The van der Waals surface area contributed by atoms with E-state index < -0.39 is 16.1 Å². The van der Waals surface area contributed by atoms with Crippen molar-refractivity contribution in [3.63, 3.8) is 0 Å². The van der Waals surface area contributed by atoms with Gasteiger partial charge in [0.15, 0.2) is 0 Å². The highest BCUT2D eigenvalue weighted by molar-refractivity contribution is 7.89. The quantitative estimate of drug-likeness (QED) is 0.761. The average molecular weight is 377 g/mol. The van der Waals surface area contributed by atoms with Gasteiger partial charge in [-0.25, -0.2) is 8.42 Å². The fourth-order valence-electron chi connectivity index (χ4n) is 3.21. The highest BCUT2D eigenvalue weighted by atomic mass is 32.2. The van der Waals surface area contributed by atoms with Crippen LogP contribution >= 0.6 is 0 Å². The lowest BCUT2D eigenvalue weighted by atomic mass is 10.1. The van der Waals surface area contributed by atoms with Crippen molar-refractivity contribution < 1.29 is 23.2 Å². The lowest BCUT2D eigenvalue weighted by Gasteiger charge is -2.32.